The minimum Gasteiger partial charge on any atom is -0.508 e. The first kappa shape index (κ1) is 17.2. The Morgan fingerprint density at radius 2 is 1.83 bits per heavy atom. The molecule has 5 nitrogen and oxygen atoms in total. The monoisotopic (exact) mass is 315 g/mol. The van der Waals surface area contributed by atoms with Crippen LogP contribution in [-0.2, 0) is 6.54 Å². The van der Waals surface area contributed by atoms with Crippen molar-refractivity contribution in [1.82, 2.24) is 4.98 Å². The van der Waals surface area contributed by atoms with Crippen LogP contribution in [0.4, 0.5) is 0 Å². The summed E-state index contributed by atoms with van der Waals surface area (Å²) in [5, 5.41) is 18.9. The molecule has 1 heterocycles. The molecule has 0 bridgehead atoms. The number of aromatic nitrogens is 1. The first-order valence-electron chi connectivity index (χ1n) is 7.96. The van der Waals surface area contributed by atoms with Gasteiger partial charge in [0.15, 0.2) is 0 Å². The van der Waals surface area contributed by atoms with Crippen LogP contribution in [0.3, 0.4) is 0 Å². The quantitative estimate of drug-likeness (QED) is 0.682. The van der Waals surface area contributed by atoms with Crippen molar-refractivity contribution < 1.29 is 10.2 Å². The van der Waals surface area contributed by atoms with Crippen molar-refractivity contribution in [1.29, 1.82) is 0 Å². The molecule has 23 heavy (non-hydrogen) atoms. The molecule has 124 valence electrons. The van der Waals surface area contributed by atoms with Gasteiger partial charge in [0.2, 0.25) is 0 Å². The fourth-order valence-corrected chi connectivity index (χ4v) is 2.83. The van der Waals surface area contributed by atoms with Crippen LogP contribution in [0.5, 0.6) is 11.5 Å². The summed E-state index contributed by atoms with van der Waals surface area (Å²) in [4.78, 5) is 3.88. The number of hydrogen-bond donors (Lipinski definition) is 4. The van der Waals surface area contributed by atoms with E-state index in [-0.39, 0.29) is 11.5 Å². The molecule has 0 unspecified atom stereocenters. The Bertz CT molecular complexity index is 596. The van der Waals surface area contributed by atoms with Crippen molar-refractivity contribution in [3.05, 3.63) is 53.9 Å². The van der Waals surface area contributed by atoms with Gasteiger partial charge in [0.05, 0.1) is 0 Å². The number of hydrogen-bond acceptors (Lipinski definition) is 5. The Kier molecular flexibility index (Phi) is 6.38. The molecule has 1 aromatic heterocycles. The van der Waals surface area contributed by atoms with Gasteiger partial charge in [-0.3, -0.25) is 4.98 Å². The van der Waals surface area contributed by atoms with Crippen LogP contribution in [0.25, 0.3) is 0 Å². The van der Waals surface area contributed by atoms with Gasteiger partial charge in [0, 0.05) is 31.0 Å². The number of phenolic OH excluding ortho intramolecular Hbond substituents is 2. The van der Waals surface area contributed by atoms with E-state index in [1.165, 1.54) is 6.07 Å². The highest BCUT2D eigenvalue weighted by atomic mass is 16.3. The van der Waals surface area contributed by atoms with E-state index in [1.54, 1.807) is 18.5 Å². The third-order valence-corrected chi connectivity index (χ3v) is 4.18. The molecule has 1 aliphatic rings. The number of nitrogens with zero attached hydrogens (tertiary/aromatic N) is 1. The molecule has 1 fully saturated rings. The lowest BCUT2D eigenvalue weighted by Crippen LogP contribution is -2.25. The molecule has 5 heteroatoms. The Balaban J connectivity index is 0.000000203. The summed E-state index contributed by atoms with van der Waals surface area (Å²) in [5.74, 6) is 0.713. The normalized spacial score (nSPS) is 20.4. The molecule has 2 aromatic rings. The number of pyridine rings is 1. The predicted octanol–water partition coefficient (Wildman–Crippen LogP) is 2.62. The van der Waals surface area contributed by atoms with Crippen molar-refractivity contribution in [3.63, 3.8) is 0 Å². The first-order valence-corrected chi connectivity index (χ1v) is 7.96. The maximum atomic E-state index is 9.72. The molecule has 0 spiro atoms. The molecule has 1 aromatic carbocycles. The van der Waals surface area contributed by atoms with Gasteiger partial charge in [0.1, 0.15) is 11.5 Å². The van der Waals surface area contributed by atoms with Crippen LogP contribution in [-0.4, -0.2) is 21.2 Å². The van der Waals surface area contributed by atoms with E-state index < -0.39 is 0 Å². The van der Waals surface area contributed by atoms with Gasteiger partial charge in [-0.1, -0.05) is 12.1 Å². The fraction of sp³-hybridized carbons (Fsp3) is 0.389. The van der Waals surface area contributed by atoms with Crippen molar-refractivity contribution in [2.45, 2.75) is 44.2 Å². The maximum Gasteiger partial charge on any atom is 0.122 e. The second-order valence-electron chi connectivity index (χ2n) is 5.92. The highest BCUT2D eigenvalue weighted by Gasteiger charge is 2.22. The Labute approximate surface area is 137 Å². The molecular weight excluding hydrogens is 290 g/mol. The van der Waals surface area contributed by atoms with Crippen molar-refractivity contribution in [2.75, 3.05) is 0 Å². The lowest BCUT2D eigenvalue weighted by molar-refractivity contribution is 0.379. The summed E-state index contributed by atoms with van der Waals surface area (Å²) in [6.45, 7) is 0.577. The topological polar surface area (TPSA) is 105 Å². The zero-order valence-electron chi connectivity index (χ0n) is 13.2. The van der Waals surface area contributed by atoms with Crippen LogP contribution in [0.15, 0.2) is 42.7 Å². The SMILES string of the molecule is NC1CCC(c2ccc(O)cc2O)CC1.NCc1cccnc1. The van der Waals surface area contributed by atoms with E-state index >= 15 is 0 Å². The Morgan fingerprint density at radius 3 is 2.35 bits per heavy atom. The standard InChI is InChI=1S/C12H17NO2.C6H8N2/c13-9-3-1-8(2-4-9)11-6-5-10(14)7-12(11)15;7-4-6-2-1-3-8-5-6/h5-9,14-15H,1-4,13H2;1-3,5H,4,7H2. The Morgan fingerprint density at radius 1 is 1.09 bits per heavy atom. The van der Waals surface area contributed by atoms with Gasteiger partial charge in [-0.05, 0) is 54.9 Å². The molecule has 0 atom stereocenters. The summed E-state index contributed by atoms with van der Waals surface area (Å²) >= 11 is 0. The third-order valence-electron chi connectivity index (χ3n) is 4.18. The summed E-state index contributed by atoms with van der Waals surface area (Å²) in [7, 11) is 0. The summed E-state index contributed by atoms with van der Waals surface area (Å²) in [6, 6.07) is 9.00. The largest absolute Gasteiger partial charge is 0.508 e. The molecule has 0 radical (unpaired) electrons. The minimum absolute atomic E-state index is 0.115. The Hall–Kier alpha value is -2.11. The van der Waals surface area contributed by atoms with E-state index in [1.807, 2.05) is 18.2 Å². The lowest BCUT2D eigenvalue weighted by atomic mass is 9.82. The zero-order chi connectivity index (χ0) is 16.7. The van der Waals surface area contributed by atoms with Gasteiger partial charge in [-0.2, -0.15) is 0 Å². The van der Waals surface area contributed by atoms with E-state index in [9.17, 15) is 10.2 Å². The van der Waals surface area contributed by atoms with Gasteiger partial charge >= 0.3 is 0 Å². The second kappa shape index (κ2) is 8.50. The molecule has 0 saturated heterocycles. The van der Waals surface area contributed by atoms with Crippen molar-refractivity contribution in [2.24, 2.45) is 11.5 Å². The van der Waals surface area contributed by atoms with Crippen LogP contribution in [0.2, 0.25) is 0 Å². The van der Waals surface area contributed by atoms with Crippen LogP contribution >= 0.6 is 0 Å². The summed E-state index contributed by atoms with van der Waals surface area (Å²) in [6.07, 6.45) is 7.59. The third kappa shape index (κ3) is 5.23. The summed E-state index contributed by atoms with van der Waals surface area (Å²) in [5.41, 5.74) is 13.2. The van der Waals surface area contributed by atoms with Crippen LogP contribution in [0.1, 0.15) is 42.7 Å². The highest BCUT2D eigenvalue weighted by Crippen LogP contribution is 2.37. The predicted molar refractivity (Wildman–Crippen MR) is 91.1 cm³/mol. The van der Waals surface area contributed by atoms with Crippen molar-refractivity contribution >= 4 is 0 Å². The number of phenols is 2. The maximum absolute atomic E-state index is 9.72. The number of nitrogens with two attached hydrogens (primary N) is 2. The zero-order valence-corrected chi connectivity index (χ0v) is 13.2. The molecule has 0 amide bonds. The van der Waals surface area contributed by atoms with Gasteiger partial charge in [0.25, 0.3) is 0 Å². The molecule has 6 N–H and O–H groups in total. The number of rotatable bonds is 2. The fourth-order valence-electron chi connectivity index (χ4n) is 2.83. The van der Waals surface area contributed by atoms with Crippen LogP contribution in [0, 0.1) is 0 Å². The summed E-state index contributed by atoms with van der Waals surface area (Å²) < 4.78 is 0. The van der Waals surface area contributed by atoms with E-state index in [4.69, 9.17) is 11.5 Å². The average molecular weight is 315 g/mol. The molecule has 1 aliphatic carbocycles. The molecular formula is C18H25N3O2. The second-order valence-corrected chi connectivity index (χ2v) is 5.92. The van der Waals surface area contributed by atoms with Gasteiger partial charge in [-0.25, -0.2) is 0 Å². The minimum atomic E-state index is 0.115. The lowest BCUT2D eigenvalue weighted by Gasteiger charge is -2.26. The molecule has 0 aliphatic heterocycles. The smallest absolute Gasteiger partial charge is 0.122 e. The van der Waals surface area contributed by atoms with E-state index in [0.29, 0.717) is 18.5 Å². The van der Waals surface area contributed by atoms with Crippen molar-refractivity contribution in [3.8, 4) is 11.5 Å². The van der Waals surface area contributed by atoms with Gasteiger partial charge < -0.3 is 21.7 Å². The highest BCUT2D eigenvalue weighted by molar-refractivity contribution is 5.41. The van der Waals surface area contributed by atoms with E-state index in [2.05, 4.69) is 4.98 Å². The average Bonchev–Trinajstić information content (AvgIpc) is 2.57. The molecule has 1 saturated carbocycles. The molecule has 3 rings (SSSR count). The number of aromatic hydroxyl groups is 2. The van der Waals surface area contributed by atoms with Gasteiger partial charge in [-0.15, -0.1) is 0 Å². The van der Waals surface area contributed by atoms with Crippen LogP contribution < -0.4 is 11.5 Å². The van der Waals surface area contributed by atoms with E-state index in [0.717, 1.165) is 36.8 Å². The number of benzene rings is 1. The first-order chi connectivity index (χ1) is 11.1.